The number of amides is 2. The number of benzene rings is 1. The first-order valence-corrected chi connectivity index (χ1v) is 10.0. The summed E-state index contributed by atoms with van der Waals surface area (Å²) < 4.78 is 11.3. The summed E-state index contributed by atoms with van der Waals surface area (Å²) in [7, 11) is 0. The van der Waals surface area contributed by atoms with Gasteiger partial charge in [0.05, 0.1) is 18.8 Å². The number of pyridine rings is 1. The average molecular weight is 395 g/mol. The molecule has 0 spiro atoms. The van der Waals surface area contributed by atoms with E-state index in [2.05, 4.69) is 4.98 Å². The van der Waals surface area contributed by atoms with E-state index < -0.39 is 0 Å². The summed E-state index contributed by atoms with van der Waals surface area (Å²) in [6.07, 6.45) is 3.10. The number of piperidine rings is 1. The Morgan fingerprint density at radius 1 is 0.862 bits per heavy atom. The normalized spacial score (nSPS) is 17.8. The van der Waals surface area contributed by atoms with E-state index in [1.165, 1.54) is 0 Å². The largest absolute Gasteiger partial charge is 0.474 e. The molecule has 2 saturated heterocycles. The van der Waals surface area contributed by atoms with Crippen LogP contribution in [0.5, 0.6) is 5.88 Å². The van der Waals surface area contributed by atoms with Gasteiger partial charge in [0.2, 0.25) is 5.88 Å². The molecule has 0 aliphatic carbocycles. The number of hydrogen-bond acceptors (Lipinski definition) is 5. The molecule has 0 N–H and O–H groups in total. The maximum Gasteiger partial charge on any atom is 0.255 e. The van der Waals surface area contributed by atoms with Crippen molar-refractivity contribution in [3.8, 4) is 5.88 Å². The van der Waals surface area contributed by atoms with Crippen LogP contribution in [0.15, 0.2) is 48.7 Å². The Hall–Kier alpha value is -2.93. The number of aromatic nitrogens is 1. The molecule has 3 heterocycles. The zero-order valence-corrected chi connectivity index (χ0v) is 16.3. The summed E-state index contributed by atoms with van der Waals surface area (Å²) >= 11 is 0. The van der Waals surface area contributed by atoms with E-state index in [-0.39, 0.29) is 17.9 Å². The van der Waals surface area contributed by atoms with Crippen LogP contribution in [-0.4, -0.2) is 72.1 Å². The lowest BCUT2D eigenvalue weighted by atomic mass is 10.1. The maximum atomic E-state index is 12.5. The van der Waals surface area contributed by atoms with E-state index >= 15 is 0 Å². The predicted molar refractivity (Wildman–Crippen MR) is 107 cm³/mol. The minimum Gasteiger partial charge on any atom is -0.474 e. The predicted octanol–water partition coefficient (Wildman–Crippen LogP) is 2.24. The van der Waals surface area contributed by atoms with Crippen LogP contribution < -0.4 is 4.74 Å². The van der Waals surface area contributed by atoms with Crippen LogP contribution in [0.2, 0.25) is 0 Å². The molecule has 0 bridgehead atoms. The summed E-state index contributed by atoms with van der Waals surface area (Å²) in [5.41, 5.74) is 1.27. The summed E-state index contributed by atoms with van der Waals surface area (Å²) in [4.78, 5) is 33.0. The molecule has 4 rings (SSSR count). The van der Waals surface area contributed by atoms with Crippen molar-refractivity contribution < 1.29 is 19.1 Å². The van der Waals surface area contributed by atoms with Crippen molar-refractivity contribution in [2.24, 2.45) is 0 Å². The van der Waals surface area contributed by atoms with Crippen molar-refractivity contribution in [1.82, 2.24) is 14.8 Å². The molecule has 152 valence electrons. The molecule has 2 amide bonds. The van der Waals surface area contributed by atoms with Gasteiger partial charge in [0.25, 0.3) is 11.8 Å². The highest BCUT2D eigenvalue weighted by Gasteiger charge is 2.25. The Bertz CT molecular complexity index is 827. The van der Waals surface area contributed by atoms with Crippen LogP contribution in [0.25, 0.3) is 0 Å². The minimum atomic E-state index is -0.0277. The quantitative estimate of drug-likeness (QED) is 0.794. The molecule has 0 atom stereocenters. The number of ether oxygens (including phenoxy) is 2. The Balaban J connectivity index is 1.28. The van der Waals surface area contributed by atoms with Crippen LogP contribution >= 0.6 is 0 Å². The first-order chi connectivity index (χ1) is 14.2. The van der Waals surface area contributed by atoms with E-state index in [4.69, 9.17) is 9.47 Å². The van der Waals surface area contributed by atoms with Crippen LogP contribution in [-0.2, 0) is 4.74 Å². The Morgan fingerprint density at radius 2 is 1.52 bits per heavy atom. The molecule has 2 aliphatic rings. The lowest BCUT2D eigenvalue weighted by Gasteiger charge is -2.32. The van der Waals surface area contributed by atoms with Crippen LogP contribution in [0.3, 0.4) is 0 Å². The molecule has 29 heavy (non-hydrogen) atoms. The lowest BCUT2D eigenvalue weighted by Crippen LogP contribution is -2.42. The van der Waals surface area contributed by atoms with E-state index in [1.54, 1.807) is 23.2 Å². The fourth-order valence-electron chi connectivity index (χ4n) is 3.64. The smallest absolute Gasteiger partial charge is 0.255 e. The molecule has 1 aromatic heterocycles. The highest BCUT2D eigenvalue weighted by atomic mass is 16.5. The number of morpholine rings is 1. The number of carbonyl (C=O) groups is 2. The zero-order chi connectivity index (χ0) is 20.1. The number of hydrogen-bond donors (Lipinski definition) is 0. The van der Waals surface area contributed by atoms with Gasteiger partial charge in [-0.15, -0.1) is 0 Å². The van der Waals surface area contributed by atoms with Gasteiger partial charge in [-0.3, -0.25) is 9.59 Å². The lowest BCUT2D eigenvalue weighted by molar-refractivity contribution is 0.0302. The highest BCUT2D eigenvalue weighted by Crippen LogP contribution is 2.19. The van der Waals surface area contributed by atoms with Gasteiger partial charge in [-0.2, -0.15) is 0 Å². The van der Waals surface area contributed by atoms with Crippen molar-refractivity contribution in [3.05, 3.63) is 59.8 Å². The minimum absolute atomic E-state index is 0.0168. The third-order valence-corrected chi connectivity index (χ3v) is 5.32. The standard InChI is InChI=1S/C22H25N3O4/c26-21(17-4-2-1-3-5-17)24-10-8-19(9-11-24)29-20-7-6-18(16-23-20)22(27)25-12-14-28-15-13-25/h1-7,16,19H,8-15H2. The summed E-state index contributed by atoms with van der Waals surface area (Å²) in [5, 5.41) is 0. The SMILES string of the molecule is O=C(c1ccc(OC2CCN(C(=O)c3ccccc3)CC2)nc1)N1CCOCC1. The molecule has 0 unspecified atom stereocenters. The third kappa shape index (κ3) is 4.74. The second-order valence-corrected chi connectivity index (χ2v) is 7.27. The zero-order valence-electron chi connectivity index (χ0n) is 16.3. The molecule has 7 nitrogen and oxygen atoms in total. The third-order valence-electron chi connectivity index (χ3n) is 5.32. The monoisotopic (exact) mass is 395 g/mol. The van der Waals surface area contributed by atoms with E-state index in [0.29, 0.717) is 56.4 Å². The van der Waals surface area contributed by atoms with Crippen molar-refractivity contribution in [3.63, 3.8) is 0 Å². The molecule has 2 aliphatic heterocycles. The van der Waals surface area contributed by atoms with Gasteiger partial charge in [0, 0.05) is 56.8 Å². The second kappa shape index (κ2) is 9.05. The van der Waals surface area contributed by atoms with Gasteiger partial charge in [0.1, 0.15) is 6.10 Å². The molecular formula is C22H25N3O4. The molecular weight excluding hydrogens is 370 g/mol. The summed E-state index contributed by atoms with van der Waals surface area (Å²) in [6, 6.07) is 12.8. The Labute approximate surface area is 170 Å². The van der Waals surface area contributed by atoms with Crippen LogP contribution in [0, 0.1) is 0 Å². The number of carbonyl (C=O) groups excluding carboxylic acids is 2. The topological polar surface area (TPSA) is 72.0 Å². The van der Waals surface area contributed by atoms with E-state index in [0.717, 1.165) is 12.8 Å². The Morgan fingerprint density at radius 3 is 2.17 bits per heavy atom. The average Bonchev–Trinajstić information content (AvgIpc) is 2.80. The van der Waals surface area contributed by atoms with Gasteiger partial charge in [-0.1, -0.05) is 18.2 Å². The fourth-order valence-corrected chi connectivity index (χ4v) is 3.64. The first-order valence-electron chi connectivity index (χ1n) is 10.0. The molecule has 0 radical (unpaired) electrons. The van der Waals surface area contributed by atoms with E-state index in [1.807, 2.05) is 35.2 Å². The number of nitrogens with zero attached hydrogens (tertiary/aromatic N) is 3. The number of rotatable bonds is 4. The van der Waals surface area contributed by atoms with Gasteiger partial charge in [-0.25, -0.2) is 4.98 Å². The van der Waals surface area contributed by atoms with Crippen molar-refractivity contribution >= 4 is 11.8 Å². The highest BCUT2D eigenvalue weighted by molar-refractivity contribution is 5.94. The van der Waals surface area contributed by atoms with Gasteiger partial charge < -0.3 is 19.3 Å². The van der Waals surface area contributed by atoms with Crippen LogP contribution in [0.1, 0.15) is 33.6 Å². The molecule has 1 aromatic carbocycles. The first kappa shape index (κ1) is 19.4. The van der Waals surface area contributed by atoms with Crippen molar-refractivity contribution in [1.29, 1.82) is 0 Å². The molecule has 2 fully saturated rings. The molecule has 0 saturated carbocycles. The van der Waals surface area contributed by atoms with Crippen molar-refractivity contribution in [2.45, 2.75) is 18.9 Å². The van der Waals surface area contributed by atoms with E-state index in [9.17, 15) is 9.59 Å². The fraction of sp³-hybridized carbons (Fsp3) is 0.409. The maximum absolute atomic E-state index is 12.5. The summed E-state index contributed by atoms with van der Waals surface area (Å²) in [5.74, 6) is 0.546. The van der Waals surface area contributed by atoms with Crippen LogP contribution in [0.4, 0.5) is 0 Å². The van der Waals surface area contributed by atoms with Gasteiger partial charge in [-0.05, 0) is 18.2 Å². The number of likely N-dealkylation sites (tertiary alicyclic amines) is 1. The van der Waals surface area contributed by atoms with Gasteiger partial charge >= 0.3 is 0 Å². The summed E-state index contributed by atoms with van der Waals surface area (Å²) in [6.45, 7) is 3.68. The van der Waals surface area contributed by atoms with Gasteiger partial charge in [0.15, 0.2) is 0 Å². The van der Waals surface area contributed by atoms with Crippen molar-refractivity contribution in [2.75, 3.05) is 39.4 Å². The second-order valence-electron chi connectivity index (χ2n) is 7.27. The molecule has 2 aromatic rings. The molecule has 7 heteroatoms. The Kier molecular flexibility index (Phi) is 6.05.